The lowest BCUT2D eigenvalue weighted by atomic mass is 10.7. The summed E-state index contributed by atoms with van der Waals surface area (Å²) in [7, 11) is 0. The number of nitrogen functional groups attached to an aromatic ring is 1. The zero-order chi connectivity index (χ0) is 11.4. The van der Waals surface area contributed by atoms with Crippen LogP contribution in [0.2, 0.25) is 0 Å². The molecule has 4 N–H and O–H groups in total. The van der Waals surface area contributed by atoms with Crippen LogP contribution in [0, 0.1) is 0 Å². The fourth-order valence-corrected chi connectivity index (χ4v) is 1.16. The van der Waals surface area contributed by atoms with Gasteiger partial charge in [0.1, 0.15) is 0 Å². The van der Waals surface area contributed by atoms with E-state index in [1.807, 2.05) is 6.92 Å². The van der Waals surface area contributed by atoms with E-state index in [1.54, 1.807) is 18.5 Å². The average molecular weight is 220 g/mol. The lowest BCUT2D eigenvalue weighted by Crippen LogP contribution is -2.15. The van der Waals surface area contributed by atoms with Gasteiger partial charge in [-0.25, -0.2) is 10.5 Å². The Balaban J connectivity index is 2.41. The molecule has 0 atom stereocenters. The highest BCUT2D eigenvalue weighted by atomic mass is 15.4. The van der Waals surface area contributed by atoms with E-state index >= 15 is 0 Å². The highest BCUT2D eigenvalue weighted by Crippen LogP contribution is 2.07. The molecular formula is C8H12N8. The van der Waals surface area contributed by atoms with Crippen molar-refractivity contribution in [2.24, 2.45) is 5.84 Å². The Hall–Kier alpha value is -2.22. The van der Waals surface area contributed by atoms with Crippen LogP contribution < -0.4 is 16.6 Å². The number of nitrogens with two attached hydrogens (primary N) is 1. The van der Waals surface area contributed by atoms with Gasteiger partial charge in [-0.1, -0.05) is 0 Å². The molecule has 0 bridgehead atoms. The van der Waals surface area contributed by atoms with Gasteiger partial charge < -0.3 is 5.32 Å². The molecule has 0 saturated heterocycles. The van der Waals surface area contributed by atoms with Crippen LogP contribution in [0.1, 0.15) is 6.92 Å². The molecule has 0 amide bonds. The van der Waals surface area contributed by atoms with Crippen molar-refractivity contribution in [1.82, 2.24) is 24.7 Å². The first kappa shape index (κ1) is 10.3. The second-order valence-electron chi connectivity index (χ2n) is 2.91. The Kier molecular flexibility index (Phi) is 2.92. The van der Waals surface area contributed by atoms with Gasteiger partial charge in [0.05, 0.1) is 0 Å². The second-order valence-corrected chi connectivity index (χ2v) is 2.91. The van der Waals surface area contributed by atoms with Crippen molar-refractivity contribution >= 4 is 11.9 Å². The molecule has 8 heteroatoms. The first-order valence-electron chi connectivity index (χ1n) is 4.80. The molecule has 0 spiro atoms. The molecule has 0 aliphatic rings. The van der Waals surface area contributed by atoms with Gasteiger partial charge in [0.2, 0.25) is 11.9 Å². The number of aromatic nitrogens is 5. The van der Waals surface area contributed by atoms with E-state index in [4.69, 9.17) is 5.84 Å². The van der Waals surface area contributed by atoms with Crippen LogP contribution in [0.15, 0.2) is 18.5 Å². The summed E-state index contributed by atoms with van der Waals surface area (Å²) in [6, 6.07) is 1.78. The Morgan fingerprint density at radius 1 is 1.31 bits per heavy atom. The molecule has 84 valence electrons. The molecule has 0 aromatic carbocycles. The minimum atomic E-state index is 0.288. The maximum Gasteiger partial charge on any atom is 0.257 e. The highest BCUT2D eigenvalue weighted by Gasteiger charge is 2.06. The van der Waals surface area contributed by atoms with Crippen molar-refractivity contribution in [2.45, 2.75) is 6.92 Å². The molecule has 0 unspecified atom stereocenters. The summed E-state index contributed by atoms with van der Waals surface area (Å²) in [5.74, 6) is 6.43. The zero-order valence-corrected chi connectivity index (χ0v) is 8.75. The summed E-state index contributed by atoms with van der Waals surface area (Å²) in [5.41, 5.74) is 2.38. The van der Waals surface area contributed by atoms with Crippen molar-refractivity contribution in [3.05, 3.63) is 18.5 Å². The van der Waals surface area contributed by atoms with Gasteiger partial charge in [-0.3, -0.25) is 5.43 Å². The molecule has 2 rings (SSSR count). The van der Waals surface area contributed by atoms with E-state index in [1.165, 1.54) is 4.68 Å². The molecule has 0 aliphatic carbocycles. The maximum atomic E-state index is 5.28. The number of rotatable bonds is 4. The molecular weight excluding hydrogens is 208 g/mol. The topological polar surface area (TPSA) is 107 Å². The Morgan fingerprint density at radius 2 is 2.12 bits per heavy atom. The molecule has 2 heterocycles. The average Bonchev–Trinajstić information content (AvgIpc) is 2.82. The summed E-state index contributed by atoms with van der Waals surface area (Å²) in [6.45, 7) is 2.67. The Labute approximate surface area is 91.9 Å². The minimum Gasteiger partial charge on any atom is -0.354 e. The molecule has 0 radical (unpaired) electrons. The van der Waals surface area contributed by atoms with Crippen LogP contribution in [-0.4, -0.2) is 31.3 Å². The van der Waals surface area contributed by atoms with Crippen LogP contribution >= 0.6 is 0 Å². The fraction of sp³-hybridized carbons (Fsp3) is 0.250. The Morgan fingerprint density at radius 3 is 2.75 bits per heavy atom. The van der Waals surface area contributed by atoms with E-state index in [-0.39, 0.29) is 5.95 Å². The maximum absolute atomic E-state index is 5.28. The fourth-order valence-electron chi connectivity index (χ4n) is 1.16. The lowest BCUT2D eigenvalue weighted by molar-refractivity contribution is 0.796. The summed E-state index contributed by atoms with van der Waals surface area (Å²) in [5, 5.41) is 7.02. The molecule has 8 nitrogen and oxygen atoms in total. The predicted octanol–water partition coefficient (Wildman–Crippen LogP) is -0.225. The lowest BCUT2D eigenvalue weighted by Gasteiger charge is -2.06. The van der Waals surface area contributed by atoms with Crippen molar-refractivity contribution in [2.75, 3.05) is 17.3 Å². The van der Waals surface area contributed by atoms with Crippen LogP contribution in [0.5, 0.6) is 0 Å². The van der Waals surface area contributed by atoms with E-state index in [9.17, 15) is 0 Å². The van der Waals surface area contributed by atoms with E-state index in [2.05, 4.69) is 30.8 Å². The summed E-state index contributed by atoms with van der Waals surface area (Å²) in [4.78, 5) is 12.3. The summed E-state index contributed by atoms with van der Waals surface area (Å²) >= 11 is 0. The van der Waals surface area contributed by atoms with Crippen molar-refractivity contribution in [3.8, 4) is 5.95 Å². The largest absolute Gasteiger partial charge is 0.354 e. The Bertz CT molecular complexity index is 451. The van der Waals surface area contributed by atoms with Gasteiger partial charge in [-0.2, -0.15) is 20.1 Å². The van der Waals surface area contributed by atoms with Gasteiger partial charge in [0, 0.05) is 18.9 Å². The van der Waals surface area contributed by atoms with Crippen LogP contribution in [0.3, 0.4) is 0 Å². The SMILES string of the molecule is CCNc1nc(NN)nc(-n2cccn2)n1. The van der Waals surface area contributed by atoms with Gasteiger partial charge in [0.25, 0.3) is 5.95 Å². The van der Waals surface area contributed by atoms with Gasteiger partial charge in [-0.15, -0.1) is 0 Å². The third-order valence-corrected chi connectivity index (χ3v) is 1.80. The second kappa shape index (κ2) is 4.53. The molecule has 0 fully saturated rings. The number of anilines is 2. The van der Waals surface area contributed by atoms with Crippen LogP contribution in [0.4, 0.5) is 11.9 Å². The highest BCUT2D eigenvalue weighted by molar-refractivity contribution is 5.36. The van der Waals surface area contributed by atoms with Crippen molar-refractivity contribution in [1.29, 1.82) is 0 Å². The standard InChI is InChI=1S/C8H12N8/c1-2-10-6-12-7(15-9)14-8(13-6)16-5-3-4-11-16/h3-5H,2,9H2,1H3,(H2,10,12,13,14,15). The number of nitrogens with zero attached hydrogens (tertiary/aromatic N) is 5. The van der Waals surface area contributed by atoms with Crippen LogP contribution in [-0.2, 0) is 0 Å². The quantitative estimate of drug-likeness (QED) is 0.482. The first-order chi connectivity index (χ1) is 7.83. The normalized spacial score (nSPS) is 10.1. The molecule has 16 heavy (non-hydrogen) atoms. The third kappa shape index (κ3) is 2.06. The number of hydrazine groups is 1. The molecule has 2 aromatic heterocycles. The molecule has 2 aromatic rings. The monoisotopic (exact) mass is 220 g/mol. The van der Waals surface area contributed by atoms with Gasteiger partial charge in [0.15, 0.2) is 0 Å². The molecule has 0 aliphatic heterocycles. The first-order valence-corrected chi connectivity index (χ1v) is 4.80. The van der Waals surface area contributed by atoms with E-state index < -0.39 is 0 Å². The number of hydrogen-bond acceptors (Lipinski definition) is 7. The number of nitrogens with one attached hydrogen (secondary N) is 2. The summed E-state index contributed by atoms with van der Waals surface area (Å²) < 4.78 is 1.53. The van der Waals surface area contributed by atoms with Gasteiger partial charge in [-0.05, 0) is 13.0 Å². The van der Waals surface area contributed by atoms with Crippen molar-refractivity contribution in [3.63, 3.8) is 0 Å². The van der Waals surface area contributed by atoms with E-state index in [0.717, 1.165) is 0 Å². The van der Waals surface area contributed by atoms with Gasteiger partial charge >= 0.3 is 0 Å². The van der Waals surface area contributed by atoms with E-state index in [0.29, 0.717) is 18.4 Å². The minimum absolute atomic E-state index is 0.288. The zero-order valence-electron chi connectivity index (χ0n) is 8.75. The number of hydrogen-bond donors (Lipinski definition) is 3. The van der Waals surface area contributed by atoms with Crippen LogP contribution in [0.25, 0.3) is 5.95 Å². The smallest absolute Gasteiger partial charge is 0.257 e. The predicted molar refractivity (Wildman–Crippen MR) is 58.9 cm³/mol. The van der Waals surface area contributed by atoms with Crippen molar-refractivity contribution < 1.29 is 0 Å². The summed E-state index contributed by atoms with van der Waals surface area (Å²) in [6.07, 6.45) is 3.39. The third-order valence-electron chi connectivity index (χ3n) is 1.80. The molecule has 0 saturated carbocycles.